The fourth-order valence-electron chi connectivity index (χ4n) is 1.00. The van der Waals surface area contributed by atoms with Crippen LogP contribution in [-0.2, 0) is 0 Å². The number of thiazole rings is 1. The Balaban J connectivity index is 2.67. The van der Waals surface area contributed by atoms with Crippen LogP contribution in [0.25, 0.3) is 10.2 Å². The zero-order valence-electron chi connectivity index (χ0n) is 6.23. The summed E-state index contributed by atoms with van der Waals surface area (Å²) in [5.74, 6) is 0. The van der Waals surface area contributed by atoms with E-state index in [4.69, 9.17) is 0 Å². The SMILES string of the molecule is O=[N+]([O-])c1ccc2sc(Br)nc2c1. The third kappa shape index (κ3) is 1.54. The minimum atomic E-state index is -0.424. The van der Waals surface area contributed by atoms with Gasteiger partial charge in [-0.3, -0.25) is 10.1 Å². The number of non-ortho nitro benzene ring substituents is 1. The van der Waals surface area contributed by atoms with Crippen LogP contribution in [0.5, 0.6) is 0 Å². The molecule has 0 aliphatic rings. The maximum absolute atomic E-state index is 10.4. The molecule has 0 atom stereocenters. The van der Waals surface area contributed by atoms with Crippen LogP contribution < -0.4 is 0 Å². The highest BCUT2D eigenvalue weighted by Crippen LogP contribution is 2.28. The molecule has 0 fully saturated rings. The fourth-order valence-corrected chi connectivity index (χ4v) is 2.39. The van der Waals surface area contributed by atoms with E-state index in [-0.39, 0.29) is 5.69 Å². The second-order valence-electron chi connectivity index (χ2n) is 2.38. The first-order chi connectivity index (χ1) is 6.16. The van der Waals surface area contributed by atoms with Gasteiger partial charge < -0.3 is 0 Å². The van der Waals surface area contributed by atoms with Crippen LogP contribution in [0.3, 0.4) is 0 Å². The van der Waals surface area contributed by atoms with E-state index >= 15 is 0 Å². The molecule has 0 saturated heterocycles. The van der Waals surface area contributed by atoms with Crippen molar-refractivity contribution in [2.24, 2.45) is 0 Å². The van der Waals surface area contributed by atoms with Crippen molar-refractivity contribution in [3.63, 3.8) is 0 Å². The largest absolute Gasteiger partial charge is 0.271 e. The van der Waals surface area contributed by atoms with Crippen LogP contribution in [0.2, 0.25) is 0 Å². The van der Waals surface area contributed by atoms with Crippen LogP contribution in [0.1, 0.15) is 0 Å². The molecule has 1 aromatic carbocycles. The third-order valence-corrected chi connectivity index (χ3v) is 3.04. The maximum Gasteiger partial charge on any atom is 0.271 e. The predicted molar refractivity (Wildman–Crippen MR) is 54.0 cm³/mol. The molecule has 0 N–H and O–H groups in total. The third-order valence-electron chi connectivity index (χ3n) is 1.56. The van der Waals surface area contributed by atoms with Gasteiger partial charge in [0.1, 0.15) is 0 Å². The van der Waals surface area contributed by atoms with Crippen molar-refractivity contribution in [3.8, 4) is 0 Å². The first-order valence-electron chi connectivity index (χ1n) is 3.37. The summed E-state index contributed by atoms with van der Waals surface area (Å²) in [5, 5.41) is 10.4. The molecule has 0 saturated carbocycles. The predicted octanol–water partition coefficient (Wildman–Crippen LogP) is 2.97. The Hall–Kier alpha value is -1.01. The van der Waals surface area contributed by atoms with Gasteiger partial charge in [0.2, 0.25) is 0 Å². The Morgan fingerprint density at radius 3 is 3.00 bits per heavy atom. The van der Waals surface area contributed by atoms with Crippen molar-refractivity contribution in [2.45, 2.75) is 0 Å². The molecule has 0 aliphatic heterocycles. The Bertz CT molecular complexity index is 482. The molecule has 2 aromatic rings. The van der Waals surface area contributed by atoms with Gasteiger partial charge in [0, 0.05) is 12.1 Å². The number of hydrogen-bond donors (Lipinski definition) is 0. The quantitative estimate of drug-likeness (QED) is 0.584. The minimum absolute atomic E-state index is 0.0744. The summed E-state index contributed by atoms with van der Waals surface area (Å²) in [6, 6.07) is 4.65. The van der Waals surface area contributed by atoms with Crippen molar-refractivity contribution in [1.29, 1.82) is 0 Å². The van der Waals surface area contributed by atoms with Crippen molar-refractivity contribution in [2.75, 3.05) is 0 Å². The molecule has 0 bridgehead atoms. The number of nitro groups is 1. The lowest BCUT2D eigenvalue weighted by atomic mass is 10.3. The standard InChI is InChI=1S/C7H3BrN2O2S/c8-7-9-5-3-4(10(11)12)1-2-6(5)13-7/h1-3H. The van der Waals surface area contributed by atoms with E-state index in [1.165, 1.54) is 23.5 Å². The number of halogens is 1. The molecule has 0 radical (unpaired) electrons. The first kappa shape index (κ1) is 8.58. The number of hydrogen-bond acceptors (Lipinski definition) is 4. The highest BCUT2D eigenvalue weighted by atomic mass is 79.9. The van der Waals surface area contributed by atoms with E-state index in [0.717, 1.165) is 8.62 Å². The van der Waals surface area contributed by atoms with Gasteiger partial charge >= 0.3 is 0 Å². The molecule has 0 aliphatic carbocycles. The highest BCUT2D eigenvalue weighted by Gasteiger charge is 2.08. The van der Waals surface area contributed by atoms with E-state index in [2.05, 4.69) is 20.9 Å². The second-order valence-corrected chi connectivity index (χ2v) is 4.68. The Kier molecular flexibility index (Phi) is 2.01. The molecule has 4 nitrogen and oxygen atoms in total. The average molecular weight is 259 g/mol. The number of rotatable bonds is 1. The number of nitrogens with zero attached hydrogens (tertiary/aromatic N) is 2. The van der Waals surface area contributed by atoms with Crippen molar-refractivity contribution in [1.82, 2.24) is 4.98 Å². The van der Waals surface area contributed by atoms with E-state index < -0.39 is 4.92 Å². The lowest BCUT2D eigenvalue weighted by molar-refractivity contribution is -0.384. The normalized spacial score (nSPS) is 10.5. The molecular formula is C7H3BrN2O2S. The molecule has 13 heavy (non-hydrogen) atoms. The van der Waals surface area contributed by atoms with Crippen LogP contribution >= 0.6 is 27.3 Å². The van der Waals surface area contributed by atoms with E-state index in [1.54, 1.807) is 6.07 Å². The molecule has 6 heteroatoms. The molecule has 2 rings (SSSR count). The van der Waals surface area contributed by atoms with Gasteiger partial charge in [0.05, 0.1) is 15.1 Å². The molecule has 1 aromatic heterocycles. The monoisotopic (exact) mass is 258 g/mol. The first-order valence-corrected chi connectivity index (χ1v) is 4.98. The van der Waals surface area contributed by atoms with Gasteiger partial charge in [-0.1, -0.05) is 0 Å². The maximum atomic E-state index is 10.4. The van der Waals surface area contributed by atoms with Crippen LogP contribution in [0.4, 0.5) is 5.69 Å². The lowest BCUT2D eigenvalue weighted by Gasteiger charge is -1.88. The lowest BCUT2D eigenvalue weighted by Crippen LogP contribution is -1.86. The van der Waals surface area contributed by atoms with Crippen LogP contribution in [-0.4, -0.2) is 9.91 Å². The summed E-state index contributed by atoms with van der Waals surface area (Å²) in [7, 11) is 0. The van der Waals surface area contributed by atoms with Gasteiger partial charge in [-0.2, -0.15) is 0 Å². The molecular weight excluding hydrogens is 256 g/mol. The second kappa shape index (κ2) is 3.04. The summed E-state index contributed by atoms with van der Waals surface area (Å²) in [5.41, 5.74) is 0.733. The zero-order chi connectivity index (χ0) is 9.42. The molecule has 66 valence electrons. The van der Waals surface area contributed by atoms with Crippen molar-refractivity contribution in [3.05, 3.63) is 32.2 Å². The van der Waals surface area contributed by atoms with Gasteiger partial charge in [-0.05, 0) is 22.0 Å². The van der Waals surface area contributed by atoms with Crippen LogP contribution in [0, 0.1) is 10.1 Å². The summed E-state index contributed by atoms with van der Waals surface area (Å²) in [6.45, 7) is 0. The zero-order valence-corrected chi connectivity index (χ0v) is 8.63. The summed E-state index contributed by atoms with van der Waals surface area (Å²) in [6.07, 6.45) is 0. The van der Waals surface area contributed by atoms with Gasteiger partial charge in [-0.15, -0.1) is 11.3 Å². The van der Waals surface area contributed by atoms with E-state index in [1.807, 2.05) is 0 Å². The molecule has 1 heterocycles. The Morgan fingerprint density at radius 1 is 1.54 bits per heavy atom. The van der Waals surface area contributed by atoms with Crippen LogP contribution in [0.15, 0.2) is 22.1 Å². The minimum Gasteiger partial charge on any atom is -0.258 e. The number of aromatic nitrogens is 1. The van der Waals surface area contributed by atoms with Gasteiger partial charge in [0.25, 0.3) is 5.69 Å². The van der Waals surface area contributed by atoms with Crippen molar-refractivity contribution < 1.29 is 4.92 Å². The van der Waals surface area contributed by atoms with E-state index in [9.17, 15) is 10.1 Å². The summed E-state index contributed by atoms with van der Waals surface area (Å²) >= 11 is 4.68. The van der Waals surface area contributed by atoms with Gasteiger partial charge in [0.15, 0.2) is 3.92 Å². The van der Waals surface area contributed by atoms with Crippen molar-refractivity contribution >= 4 is 43.2 Å². The molecule has 0 spiro atoms. The van der Waals surface area contributed by atoms with Gasteiger partial charge in [-0.25, -0.2) is 4.98 Å². The topological polar surface area (TPSA) is 56.0 Å². The number of fused-ring (bicyclic) bond motifs is 1. The Morgan fingerprint density at radius 2 is 2.31 bits per heavy atom. The Labute approximate surface area is 85.5 Å². The number of benzene rings is 1. The molecule has 0 unspecified atom stereocenters. The highest BCUT2D eigenvalue weighted by molar-refractivity contribution is 9.11. The smallest absolute Gasteiger partial charge is 0.258 e. The fraction of sp³-hybridized carbons (Fsp3) is 0. The summed E-state index contributed by atoms with van der Waals surface area (Å²) in [4.78, 5) is 14.1. The molecule has 0 amide bonds. The van der Waals surface area contributed by atoms with E-state index in [0.29, 0.717) is 5.52 Å². The number of nitro benzene ring substituents is 1. The average Bonchev–Trinajstić information content (AvgIpc) is 2.42. The summed E-state index contributed by atoms with van der Waals surface area (Å²) < 4.78 is 1.68.